The molecule has 0 spiro atoms. The van der Waals surface area contributed by atoms with E-state index in [4.69, 9.17) is 0 Å². The van der Waals surface area contributed by atoms with E-state index in [1.165, 1.54) is 30.2 Å². The number of fused-ring (bicyclic) bond motifs is 1. The fraction of sp³-hybridized carbons (Fsp3) is 0.438. The van der Waals surface area contributed by atoms with Crippen LogP contribution in [0.1, 0.15) is 37.4 Å². The molecule has 1 heterocycles. The molecule has 2 aromatic rings. The Balaban J connectivity index is 1.95. The van der Waals surface area contributed by atoms with Crippen molar-refractivity contribution >= 4 is 10.9 Å². The summed E-state index contributed by atoms with van der Waals surface area (Å²) in [6.07, 6.45) is 3.86. The van der Waals surface area contributed by atoms with Crippen LogP contribution in [0.4, 0.5) is 0 Å². The number of hydrogen-bond donors (Lipinski definition) is 1. The fourth-order valence-corrected chi connectivity index (χ4v) is 2.12. The molecule has 1 aromatic carbocycles. The number of hydrogen-bond acceptors (Lipinski definition) is 2. The molecule has 0 unspecified atom stereocenters. The molecule has 0 radical (unpaired) electrons. The molecule has 0 saturated heterocycles. The van der Waals surface area contributed by atoms with Crippen LogP contribution >= 0.6 is 0 Å². The van der Waals surface area contributed by atoms with Gasteiger partial charge in [-0.25, -0.2) is 0 Å². The standard InChI is InChI=1S/C16H22N2/c1-3-4-5-10-17-12-14-7-9-16-15(11-14)8-6-13(2)18-16/h6-9,11,17H,3-5,10,12H2,1-2H3. The van der Waals surface area contributed by atoms with Crippen molar-refractivity contribution in [2.75, 3.05) is 6.54 Å². The van der Waals surface area contributed by atoms with Gasteiger partial charge in [-0.3, -0.25) is 4.98 Å². The quantitative estimate of drug-likeness (QED) is 0.779. The lowest BCUT2D eigenvalue weighted by Crippen LogP contribution is -2.14. The predicted molar refractivity (Wildman–Crippen MR) is 77.7 cm³/mol. The minimum Gasteiger partial charge on any atom is -0.313 e. The first kappa shape index (κ1) is 13.0. The number of nitrogens with one attached hydrogen (secondary N) is 1. The molecule has 0 fully saturated rings. The summed E-state index contributed by atoms with van der Waals surface area (Å²) in [5.74, 6) is 0. The van der Waals surface area contributed by atoms with Gasteiger partial charge >= 0.3 is 0 Å². The van der Waals surface area contributed by atoms with E-state index in [1.54, 1.807) is 0 Å². The monoisotopic (exact) mass is 242 g/mol. The molecular formula is C16H22N2. The van der Waals surface area contributed by atoms with Gasteiger partial charge in [-0.2, -0.15) is 0 Å². The molecule has 0 aliphatic rings. The molecule has 2 nitrogen and oxygen atoms in total. The smallest absolute Gasteiger partial charge is 0.0705 e. The molecule has 0 amide bonds. The van der Waals surface area contributed by atoms with Gasteiger partial charge in [0.15, 0.2) is 0 Å². The number of aryl methyl sites for hydroxylation is 1. The van der Waals surface area contributed by atoms with E-state index in [2.05, 4.69) is 47.6 Å². The summed E-state index contributed by atoms with van der Waals surface area (Å²) >= 11 is 0. The Morgan fingerprint density at radius 1 is 1.11 bits per heavy atom. The zero-order valence-corrected chi connectivity index (χ0v) is 11.4. The fourth-order valence-electron chi connectivity index (χ4n) is 2.12. The minimum atomic E-state index is 0.952. The lowest BCUT2D eigenvalue weighted by molar-refractivity contribution is 0.617. The predicted octanol–water partition coefficient (Wildman–Crippen LogP) is 3.82. The Bertz CT molecular complexity index is 505. The van der Waals surface area contributed by atoms with Crippen LogP contribution in [0.5, 0.6) is 0 Å². The highest BCUT2D eigenvalue weighted by Crippen LogP contribution is 2.14. The third kappa shape index (κ3) is 3.54. The average Bonchev–Trinajstić information content (AvgIpc) is 2.38. The highest BCUT2D eigenvalue weighted by Gasteiger charge is 1.98. The minimum absolute atomic E-state index is 0.952. The molecule has 1 N–H and O–H groups in total. The summed E-state index contributed by atoms with van der Waals surface area (Å²) in [5, 5.41) is 4.72. The number of unbranched alkanes of at least 4 members (excludes halogenated alkanes) is 2. The molecule has 0 aliphatic carbocycles. The van der Waals surface area contributed by atoms with Crippen molar-refractivity contribution in [1.29, 1.82) is 0 Å². The van der Waals surface area contributed by atoms with Gasteiger partial charge in [-0.15, -0.1) is 0 Å². The highest BCUT2D eigenvalue weighted by atomic mass is 14.8. The van der Waals surface area contributed by atoms with E-state index in [1.807, 2.05) is 6.92 Å². The van der Waals surface area contributed by atoms with Crippen molar-refractivity contribution in [2.24, 2.45) is 0 Å². The highest BCUT2D eigenvalue weighted by molar-refractivity contribution is 5.79. The van der Waals surface area contributed by atoms with Gasteiger partial charge in [0.1, 0.15) is 0 Å². The number of benzene rings is 1. The van der Waals surface area contributed by atoms with E-state index in [-0.39, 0.29) is 0 Å². The first-order valence-electron chi connectivity index (χ1n) is 6.86. The molecule has 0 aliphatic heterocycles. The molecule has 2 heteroatoms. The maximum atomic E-state index is 4.52. The number of nitrogens with zero attached hydrogens (tertiary/aromatic N) is 1. The molecule has 0 atom stereocenters. The van der Waals surface area contributed by atoms with Crippen LogP contribution in [0.3, 0.4) is 0 Å². The maximum absolute atomic E-state index is 4.52. The van der Waals surface area contributed by atoms with Crippen molar-refractivity contribution in [1.82, 2.24) is 10.3 Å². The number of rotatable bonds is 6. The van der Waals surface area contributed by atoms with Crippen LogP contribution in [-0.4, -0.2) is 11.5 Å². The summed E-state index contributed by atoms with van der Waals surface area (Å²) in [5.41, 5.74) is 3.50. The number of aromatic nitrogens is 1. The first-order chi connectivity index (χ1) is 8.79. The summed E-state index contributed by atoms with van der Waals surface area (Å²) in [4.78, 5) is 4.52. The van der Waals surface area contributed by atoms with E-state index in [9.17, 15) is 0 Å². The van der Waals surface area contributed by atoms with Crippen molar-refractivity contribution in [3.05, 3.63) is 41.6 Å². The lowest BCUT2D eigenvalue weighted by atomic mass is 10.1. The van der Waals surface area contributed by atoms with Gasteiger partial charge in [0.2, 0.25) is 0 Å². The zero-order valence-electron chi connectivity index (χ0n) is 11.4. The van der Waals surface area contributed by atoms with E-state index >= 15 is 0 Å². The van der Waals surface area contributed by atoms with Crippen molar-refractivity contribution in [3.63, 3.8) is 0 Å². The lowest BCUT2D eigenvalue weighted by Gasteiger charge is -2.06. The van der Waals surface area contributed by atoms with Gasteiger partial charge in [-0.1, -0.05) is 31.9 Å². The van der Waals surface area contributed by atoms with Crippen LogP contribution < -0.4 is 5.32 Å². The molecule has 96 valence electrons. The third-order valence-corrected chi connectivity index (χ3v) is 3.18. The average molecular weight is 242 g/mol. The summed E-state index contributed by atoms with van der Waals surface area (Å²) < 4.78 is 0. The van der Waals surface area contributed by atoms with Crippen LogP contribution in [0, 0.1) is 6.92 Å². The third-order valence-electron chi connectivity index (χ3n) is 3.18. The van der Waals surface area contributed by atoms with Crippen LogP contribution in [-0.2, 0) is 6.54 Å². The van der Waals surface area contributed by atoms with Crippen molar-refractivity contribution in [3.8, 4) is 0 Å². The van der Waals surface area contributed by atoms with Gasteiger partial charge in [0.25, 0.3) is 0 Å². The van der Waals surface area contributed by atoms with E-state index < -0.39 is 0 Å². The molecule has 0 saturated carbocycles. The number of pyridine rings is 1. The van der Waals surface area contributed by atoms with E-state index in [0.717, 1.165) is 24.3 Å². The molecular weight excluding hydrogens is 220 g/mol. The van der Waals surface area contributed by atoms with E-state index in [0.29, 0.717) is 0 Å². The molecule has 1 aromatic heterocycles. The second-order valence-electron chi connectivity index (χ2n) is 4.86. The van der Waals surface area contributed by atoms with Crippen LogP contribution in [0.15, 0.2) is 30.3 Å². The Labute approximate surface area is 109 Å². The first-order valence-corrected chi connectivity index (χ1v) is 6.86. The van der Waals surface area contributed by atoms with Gasteiger partial charge < -0.3 is 5.32 Å². The van der Waals surface area contributed by atoms with Crippen LogP contribution in [0.25, 0.3) is 10.9 Å². The van der Waals surface area contributed by atoms with Crippen LogP contribution in [0.2, 0.25) is 0 Å². The Morgan fingerprint density at radius 3 is 2.83 bits per heavy atom. The summed E-state index contributed by atoms with van der Waals surface area (Å²) in [7, 11) is 0. The topological polar surface area (TPSA) is 24.9 Å². The van der Waals surface area contributed by atoms with Gasteiger partial charge in [0.05, 0.1) is 5.52 Å². The SMILES string of the molecule is CCCCCNCc1ccc2nc(C)ccc2c1. The molecule has 18 heavy (non-hydrogen) atoms. The Morgan fingerprint density at radius 2 is 2.00 bits per heavy atom. The normalized spacial score (nSPS) is 11.0. The Kier molecular flexibility index (Phi) is 4.71. The van der Waals surface area contributed by atoms with Crippen molar-refractivity contribution in [2.45, 2.75) is 39.7 Å². The zero-order chi connectivity index (χ0) is 12.8. The molecule has 0 bridgehead atoms. The van der Waals surface area contributed by atoms with Crippen molar-refractivity contribution < 1.29 is 0 Å². The second-order valence-corrected chi connectivity index (χ2v) is 4.86. The molecule has 2 rings (SSSR count). The van der Waals surface area contributed by atoms with Gasteiger partial charge in [-0.05, 0) is 43.7 Å². The largest absolute Gasteiger partial charge is 0.313 e. The summed E-state index contributed by atoms with van der Waals surface area (Å²) in [6.45, 7) is 6.33. The maximum Gasteiger partial charge on any atom is 0.0705 e. The second kappa shape index (κ2) is 6.50. The Hall–Kier alpha value is -1.41. The summed E-state index contributed by atoms with van der Waals surface area (Å²) in [6, 6.07) is 10.7. The van der Waals surface area contributed by atoms with Gasteiger partial charge in [0, 0.05) is 17.6 Å².